The van der Waals surface area contributed by atoms with Crippen LogP contribution in [0.3, 0.4) is 0 Å². The van der Waals surface area contributed by atoms with E-state index in [1.54, 1.807) is 14.2 Å². The van der Waals surface area contributed by atoms with Crippen molar-refractivity contribution in [1.29, 1.82) is 0 Å². The highest BCUT2D eigenvalue weighted by Crippen LogP contribution is 2.31. The zero-order valence-electron chi connectivity index (χ0n) is 17.8. The quantitative estimate of drug-likeness (QED) is 0.777. The smallest absolute Gasteiger partial charge is 0.237 e. The molecule has 6 nitrogen and oxygen atoms in total. The van der Waals surface area contributed by atoms with Crippen LogP contribution in [0, 0.1) is 6.92 Å². The summed E-state index contributed by atoms with van der Waals surface area (Å²) >= 11 is 0. The van der Waals surface area contributed by atoms with Crippen molar-refractivity contribution in [3.05, 3.63) is 23.3 Å². The van der Waals surface area contributed by atoms with E-state index in [2.05, 4.69) is 28.1 Å². The number of piperazine rings is 1. The average molecular weight is 390 g/mol. The molecule has 0 radical (unpaired) electrons. The molecule has 6 heteroatoms. The van der Waals surface area contributed by atoms with Gasteiger partial charge in [-0.15, -0.1) is 0 Å². The molecule has 0 bridgehead atoms. The van der Waals surface area contributed by atoms with Gasteiger partial charge in [-0.3, -0.25) is 14.6 Å². The Bertz CT molecular complexity index is 665. The largest absolute Gasteiger partial charge is 0.493 e. The van der Waals surface area contributed by atoms with E-state index in [1.165, 1.54) is 24.0 Å². The Morgan fingerprint density at radius 2 is 1.71 bits per heavy atom. The average Bonchev–Trinajstić information content (AvgIpc) is 3.22. The molecule has 1 saturated heterocycles. The molecule has 1 aromatic carbocycles. The van der Waals surface area contributed by atoms with Crippen LogP contribution in [0.1, 0.15) is 43.7 Å². The van der Waals surface area contributed by atoms with Crippen molar-refractivity contribution in [1.82, 2.24) is 15.1 Å². The van der Waals surface area contributed by atoms with Gasteiger partial charge in [0.15, 0.2) is 11.5 Å². The SMILES string of the molecule is COc1cc(C)c(CN2CCN([C@H](C)C(=O)NC3CCCC3)CC2)cc1OC. The van der Waals surface area contributed by atoms with E-state index < -0.39 is 0 Å². The van der Waals surface area contributed by atoms with E-state index in [-0.39, 0.29) is 11.9 Å². The first-order chi connectivity index (χ1) is 13.5. The number of rotatable bonds is 7. The summed E-state index contributed by atoms with van der Waals surface area (Å²) in [6, 6.07) is 4.47. The maximum atomic E-state index is 12.6. The Kier molecular flexibility index (Phi) is 7.18. The molecular formula is C22H35N3O3. The highest BCUT2D eigenvalue weighted by molar-refractivity contribution is 5.81. The van der Waals surface area contributed by atoms with E-state index in [9.17, 15) is 4.79 Å². The van der Waals surface area contributed by atoms with E-state index >= 15 is 0 Å². The van der Waals surface area contributed by atoms with Gasteiger partial charge in [0.25, 0.3) is 0 Å². The Balaban J connectivity index is 1.52. The van der Waals surface area contributed by atoms with Gasteiger partial charge in [-0.2, -0.15) is 0 Å². The summed E-state index contributed by atoms with van der Waals surface area (Å²) in [5, 5.41) is 3.24. The van der Waals surface area contributed by atoms with Crippen molar-refractivity contribution in [3.8, 4) is 11.5 Å². The van der Waals surface area contributed by atoms with Gasteiger partial charge in [-0.1, -0.05) is 12.8 Å². The molecule has 1 heterocycles. The summed E-state index contributed by atoms with van der Waals surface area (Å²) in [6.07, 6.45) is 4.76. The molecular weight excluding hydrogens is 354 g/mol. The Morgan fingerprint density at radius 1 is 1.11 bits per heavy atom. The number of hydrogen-bond donors (Lipinski definition) is 1. The maximum Gasteiger partial charge on any atom is 0.237 e. The number of carbonyl (C=O) groups excluding carboxylic acids is 1. The lowest BCUT2D eigenvalue weighted by Gasteiger charge is -2.38. The van der Waals surface area contributed by atoms with E-state index in [0.717, 1.165) is 57.1 Å². The molecule has 1 amide bonds. The molecule has 1 atom stereocenters. The molecule has 1 aromatic rings. The third kappa shape index (κ3) is 4.97. The van der Waals surface area contributed by atoms with Crippen LogP contribution in [0.2, 0.25) is 0 Å². The van der Waals surface area contributed by atoms with Crippen LogP contribution in [0.4, 0.5) is 0 Å². The number of hydrogen-bond acceptors (Lipinski definition) is 5. The summed E-state index contributed by atoms with van der Waals surface area (Å²) in [5.41, 5.74) is 2.47. The Hall–Kier alpha value is -1.79. The van der Waals surface area contributed by atoms with Gasteiger partial charge >= 0.3 is 0 Å². The molecule has 1 N–H and O–H groups in total. The van der Waals surface area contributed by atoms with Gasteiger partial charge < -0.3 is 14.8 Å². The Labute approximate surface area is 169 Å². The molecule has 1 aliphatic heterocycles. The monoisotopic (exact) mass is 389 g/mol. The minimum absolute atomic E-state index is 0.0504. The summed E-state index contributed by atoms with van der Waals surface area (Å²) in [7, 11) is 3.34. The van der Waals surface area contributed by atoms with Gasteiger partial charge in [0, 0.05) is 38.8 Å². The number of nitrogens with one attached hydrogen (secondary N) is 1. The van der Waals surface area contributed by atoms with Crippen molar-refractivity contribution in [2.45, 2.75) is 58.2 Å². The molecule has 3 rings (SSSR count). The first-order valence-electron chi connectivity index (χ1n) is 10.5. The number of aryl methyl sites for hydroxylation is 1. The number of benzene rings is 1. The number of amides is 1. The predicted octanol–water partition coefficient (Wildman–Crippen LogP) is 2.58. The van der Waals surface area contributed by atoms with Gasteiger partial charge in [0.1, 0.15) is 0 Å². The lowest BCUT2D eigenvalue weighted by molar-refractivity contribution is -0.127. The topological polar surface area (TPSA) is 54.0 Å². The summed E-state index contributed by atoms with van der Waals surface area (Å²) < 4.78 is 10.8. The second-order valence-electron chi connectivity index (χ2n) is 8.11. The number of nitrogens with zero attached hydrogens (tertiary/aromatic N) is 2. The fourth-order valence-corrected chi connectivity index (χ4v) is 4.30. The van der Waals surface area contributed by atoms with Gasteiger partial charge in [-0.25, -0.2) is 0 Å². The van der Waals surface area contributed by atoms with Crippen LogP contribution >= 0.6 is 0 Å². The molecule has 2 aliphatic rings. The first kappa shape index (κ1) is 20.9. The van der Waals surface area contributed by atoms with Gasteiger partial charge in [-0.05, 0) is 49.9 Å². The standard InChI is InChI=1S/C22H35N3O3/c1-16-13-20(27-3)21(28-4)14-18(16)15-24-9-11-25(12-10-24)17(2)22(26)23-19-7-5-6-8-19/h13-14,17,19H,5-12,15H2,1-4H3,(H,23,26)/t17-/m1/s1. The molecule has 0 unspecified atom stereocenters. The Morgan fingerprint density at radius 3 is 2.32 bits per heavy atom. The van der Waals surface area contributed by atoms with Crippen LogP contribution in [0.25, 0.3) is 0 Å². The maximum absolute atomic E-state index is 12.6. The predicted molar refractivity (Wildman–Crippen MR) is 111 cm³/mol. The van der Waals surface area contributed by atoms with Crippen LogP contribution in [-0.4, -0.2) is 68.2 Å². The van der Waals surface area contributed by atoms with Crippen LogP contribution in [-0.2, 0) is 11.3 Å². The highest BCUT2D eigenvalue weighted by atomic mass is 16.5. The molecule has 0 aromatic heterocycles. The lowest BCUT2D eigenvalue weighted by Crippen LogP contribution is -2.54. The summed E-state index contributed by atoms with van der Waals surface area (Å²) in [5.74, 6) is 1.74. The normalized spacial score (nSPS) is 20.1. The number of ether oxygens (including phenoxy) is 2. The fourth-order valence-electron chi connectivity index (χ4n) is 4.30. The van der Waals surface area contributed by atoms with Crippen molar-refractivity contribution >= 4 is 5.91 Å². The minimum Gasteiger partial charge on any atom is -0.493 e. The van der Waals surface area contributed by atoms with Crippen LogP contribution in [0.5, 0.6) is 11.5 Å². The second-order valence-corrected chi connectivity index (χ2v) is 8.11. The van der Waals surface area contributed by atoms with Crippen molar-refractivity contribution in [2.75, 3.05) is 40.4 Å². The van der Waals surface area contributed by atoms with Gasteiger partial charge in [0.05, 0.1) is 20.3 Å². The van der Waals surface area contributed by atoms with Crippen molar-refractivity contribution in [2.24, 2.45) is 0 Å². The lowest BCUT2D eigenvalue weighted by atomic mass is 10.1. The zero-order chi connectivity index (χ0) is 20.1. The van der Waals surface area contributed by atoms with Crippen LogP contribution < -0.4 is 14.8 Å². The zero-order valence-corrected chi connectivity index (χ0v) is 17.8. The van der Waals surface area contributed by atoms with Crippen molar-refractivity contribution in [3.63, 3.8) is 0 Å². The fraction of sp³-hybridized carbons (Fsp3) is 0.682. The molecule has 0 spiro atoms. The summed E-state index contributed by atoms with van der Waals surface area (Å²) in [4.78, 5) is 17.3. The minimum atomic E-state index is -0.0504. The van der Waals surface area contributed by atoms with Crippen LogP contribution in [0.15, 0.2) is 12.1 Å². The van der Waals surface area contributed by atoms with Gasteiger partial charge in [0.2, 0.25) is 5.91 Å². The number of methoxy groups -OCH3 is 2. The molecule has 28 heavy (non-hydrogen) atoms. The molecule has 1 aliphatic carbocycles. The van der Waals surface area contributed by atoms with E-state index in [0.29, 0.717) is 6.04 Å². The first-order valence-corrected chi connectivity index (χ1v) is 10.5. The molecule has 1 saturated carbocycles. The van der Waals surface area contributed by atoms with E-state index in [4.69, 9.17) is 9.47 Å². The van der Waals surface area contributed by atoms with E-state index in [1.807, 2.05) is 13.0 Å². The van der Waals surface area contributed by atoms with Crippen molar-refractivity contribution < 1.29 is 14.3 Å². The number of carbonyl (C=O) groups is 1. The third-order valence-electron chi connectivity index (χ3n) is 6.27. The molecule has 156 valence electrons. The summed E-state index contributed by atoms with van der Waals surface area (Å²) in [6.45, 7) is 8.82. The molecule has 2 fully saturated rings. The second kappa shape index (κ2) is 9.61. The highest BCUT2D eigenvalue weighted by Gasteiger charge is 2.28. The third-order valence-corrected chi connectivity index (χ3v) is 6.27.